The van der Waals surface area contributed by atoms with Gasteiger partial charge in [-0.2, -0.15) is 0 Å². The number of ether oxygens (including phenoxy) is 3. The van der Waals surface area contributed by atoms with Gasteiger partial charge in [0.25, 0.3) is 0 Å². The van der Waals surface area contributed by atoms with Gasteiger partial charge in [-0.1, -0.05) is 375 Å². The zero-order valence-electron chi connectivity index (χ0n) is 54.7. The maximum Gasteiger partial charge on any atom is 0.306 e. The molecule has 2 unspecified atom stereocenters. The van der Waals surface area contributed by atoms with Gasteiger partial charge in [-0.3, -0.25) is 14.4 Å². The number of rotatable bonds is 66. The van der Waals surface area contributed by atoms with Crippen LogP contribution in [0.4, 0.5) is 0 Å². The Labute approximate surface area is 495 Å². The number of hydrogen-bond acceptors (Lipinski definition) is 6. The molecule has 0 saturated carbocycles. The number of esters is 3. The highest BCUT2D eigenvalue weighted by molar-refractivity contribution is 5.71. The van der Waals surface area contributed by atoms with Crippen molar-refractivity contribution in [2.45, 2.75) is 420 Å². The van der Waals surface area contributed by atoms with E-state index in [1.54, 1.807) is 0 Å². The Morgan fingerprint density at radius 1 is 0.253 bits per heavy atom. The second-order valence-corrected chi connectivity index (χ2v) is 26.2. The van der Waals surface area contributed by atoms with E-state index < -0.39 is 6.10 Å². The van der Waals surface area contributed by atoms with Gasteiger partial charge in [-0.15, -0.1) is 0 Å². The third-order valence-electron chi connectivity index (χ3n) is 17.6. The fraction of sp³-hybridized carbons (Fsp3) is 0.959. The first kappa shape index (κ1) is 77.4. The lowest BCUT2D eigenvalue weighted by molar-refractivity contribution is -0.167. The number of carbonyl (C=O) groups excluding carboxylic acids is 3. The molecule has 6 heteroatoms. The van der Waals surface area contributed by atoms with E-state index in [0.717, 1.165) is 75.5 Å². The van der Waals surface area contributed by atoms with Gasteiger partial charge in [0.05, 0.1) is 0 Å². The molecular formula is C73H142O6. The van der Waals surface area contributed by atoms with Gasteiger partial charge in [0.2, 0.25) is 0 Å². The van der Waals surface area contributed by atoms with Crippen LogP contribution < -0.4 is 0 Å². The molecule has 470 valence electrons. The number of unbranched alkanes of at least 4 members (excludes halogenated alkanes) is 47. The molecule has 3 atom stereocenters. The minimum Gasteiger partial charge on any atom is -0.462 e. The van der Waals surface area contributed by atoms with Crippen LogP contribution in [0.25, 0.3) is 0 Å². The van der Waals surface area contributed by atoms with Gasteiger partial charge in [0.1, 0.15) is 13.2 Å². The fourth-order valence-corrected chi connectivity index (χ4v) is 11.4. The quantitative estimate of drug-likeness (QED) is 0.0343. The number of carbonyl (C=O) groups is 3. The Morgan fingerprint density at radius 3 is 0.658 bits per heavy atom. The van der Waals surface area contributed by atoms with Gasteiger partial charge >= 0.3 is 17.9 Å². The predicted molar refractivity (Wildman–Crippen MR) is 344 cm³/mol. The van der Waals surface area contributed by atoms with E-state index in [1.807, 2.05) is 0 Å². The van der Waals surface area contributed by atoms with Crippen molar-refractivity contribution in [1.29, 1.82) is 0 Å². The Balaban J connectivity index is 4.27. The van der Waals surface area contributed by atoms with Crippen LogP contribution in [0.5, 0.6) is 0 Å². The summed E-state index contributed by atoms with van der Waals surface area (Å²) in [7, 11) is 0. The first-order valence-electron chi connectivity index (χ1n) is 36.2. The molecule has 79 heavy (non-hydrogen) atoms. The Kier molecular flexibility index (Phi) is 62.7. The van der Waals surface area contributed by atoms with E-state index in [-0.39, 0.29) is 31.1 Å². The van der Waals surface area contributed by atoms with E-state index >= 15 is 0 Å². The summed E-state index contributed by atoms with van der Waals surface area (Å²) < 4.78 is 17.0. The minimum absolute atomic E-state index is 0.0616. The van der Waals surface area contributed by atoms with Crippen LogP contribution >= 0.6 is 0 Å². The summed E-state index contributed by atoms with van der Waals surface area (Å²) in [5.74, 6) is 1.84. The number of hydrogen-bond donors (Lipinski definition) is 0. The third-order valence-corrected chi connectivity index (χ3v) is 17.6. The molecule has 0 aliphatic rings. The largest absolute Gasteiger partial charge is 0.462 e. The van der Waals surface area contributed by atoms with E-state index in [1.165, 1.54) is 295 Å². The zero-order valence-corrected chi connectivity index (χ0v) is 54.7. The van der Waals surface area contributed by atoms with Crippen LogP contribution in [0, 0.1) is 17.8 Å². The molecule has 0 bridgehead atoms. The SMILES string of the molecule is CCC(C)CCCCCCCCCCCCCCCCCCCCC(=O)OC[C@@H](COC(=O)CCCCCCCCCCCCCCCCC(C)C)OC(=O)CCCCCCCCCCCCCCCCCCCCC(C)CC. The summed E-state index contributed by atoms with van der Waals surface area (Å²) in [5, 5.41) is 0. The molecule has 0 aromatic rings. The summed E-state index contributed by atoms with van der Waals surface area (Å²) in [5.41, 5.74) is 0. The molecule has 0 aliphatic heterocycles. The lowest BCUT2D eigenvalue weighted by atomic mass is 9.99. The lowest BCUT2D eigenvalue weighted by Gasteiger charge is -2.18. The maximum atomic E-state index is 13.0. The first-order chi connectivity index (χ1) is 38.7. The Morgan fingerprint density at radius 2 is 0.443 bits per heavy atom. The Bertz CT molecular complexity index is 1230. The van der Waals surface area contributed by atoms with Crippen LogP contribution in [-0.2, 0) is 28.6 Å². The van der Waals surface area contributed by atoms with Gasteiger partial charge in [-0.25, -0.2) is 0 Å². The molecule has 0 spiro atoms. The molecule has 0 amide bonds. The average molecular weight is 1120 g/mol. The summed E-state index contributed by atoms with van der Waals surface area (Å²) >= 11 is 0. The lowest BCUT2D eigenvalue weighted by Crippen LogP contribution is -2.30. The van der Waals surface area contributed by atoms with Crippen molar-refractivity contribution < 1.29 is 28.6 Å². The minimum atomic E-state index is -0.766. The normalized spacial score (nSPS) is 12.8. The maximum absolute atomic E-state index is 13.0. The standard InChI is InChI=1S/C73H142O6/c1-7-68(5)60-54-48-42-36-30-24-17-13-9-11-15-19-26-32-38-44-50-56-62-71(74)77-65-70(66-78-72(75)63-57-51-45-39-33-27-22-21-23-29-35-41-47-53-59-67(3)4)79-73(76)64-58-52-46-40-34-28-20-16-12-10-14-18-25-31-37-43-49-55-61-69(6)8-2/h67-70H,7-66H2,1-6H3/t68?,69?,70-/m0/s1. The van der Waals surface area contributed by atoms with Crippen molar-refractivity contribution >= 4 is 17.9 Å². The van der Waals surface area contributed by atoms with E-state index in [4.69, 9.17) is 14.2 Å². The van der Waals surface area contributed by atoms with E-state index in [9.17, 15) is 14.4 Å². The van der Waals surface area contributed by atoms with Crippen LogP contribution in [0.1, 0.15) is 414 Å². The van der Waals surface area contributed by atoms with Crippen molar-refractivity contribution in [3.63, 3.8) is 0 Å². The van der Waals surface area contributed by atoms with Crippen molar-refractivity contribution in [1.82, 2.24) is 0 Å². The second kappa shape index (κ2) is 64.0. The van der Waals surface area contributed by atoms with Gasteiger partial charge in [0.15, 0.2) is 6.10 Å². The third kappa shape index (κ3) is 63.8. The summed E-state index contributed by atoms with van der Waals surface area (Å²) in [6, 6.07) is 0. The van der Waals surface area contributed by atoms with Crippen LogP contribution in [0.3, 0.4) is 0 Å². The summed E-state index contributed by atoms with van der Waals surface area (Å²) in [4.78, 5) is 38.5. The van der Waals surface area contributed by atoms with Gasteiger partial charge in [0, 0.05) is 19.3 Å². The van der Waals surface area contributed by atoms with Crippen LogP contribution in [0.15, 0.2) is 0 Å². The summed E-state index contributed by atoms with van der Waals surface area (Å²) in [6.07, 6.45) is 72.5. The highest BCUT2D eigenvalue weighted by atomic mass is 16.6. The molecule has 0 N–H and O–H groups in total. The monoisotopic (exact) mass is 1120 g/mol. The van der Waals surface area contributed by atoms with Crippen LogP contribution in [0.2, 0.25) is 0 Å². The van der Waals surface area contributed by atoms with Gasteiger partial charge in [-0.05, 0) is 37.0 Å². The topological polar surface area (TPSA) is 78.9 Å². The molecule has 0 rings (SSSR count). The smallest absolute Gasteiger partial charge is 0.306 e. The van der Waals surface area contributed by atoms with Gasteiger partial charge < -0.3 is 14.2 Å². The molecule has 0 saturated heterocycles. The highest BCUT2D eigenvalue weighted by Gasteiger charge is 2.20. The summed E-state index contributed by atoms with van der Waals surface area (Å²) in [6.45, 7) is 13.9. The van der Waals surface area contributed by atoms with E-state index in [0.29, 0.717) is 19.3 Å². The molecule has 6 nitrogen and oxygen atoms in total. The molecule has 0 aromatic heterocycles. The zero-order chi connectivity index (χ0) is 57.6. The van der Waals surface area contributed by atoms with Crippen molar-refractivity contribution in [3.05, 3.63) is 0 Å². The fourth-order valence-electron chi connectivity index (χ4n) is 11.4. The predicted octanol–water partition coefficient (Wildman–Crippen LogP) is 24.6. The average Bonchev–Trinajstić information content (AvgIpc) is 3.44. The molecule has 0 heterocycles. The first-order valence-corrected chi connectivity index (χ1v) is 36.2. The highest BCUT2D eigenvalue weighted by Crippen LogP contribution is 2.21. The van der Waals surface area contributed by atoms with Crippen LogP contribution in [-0.4, -0.2) is 37.2 Å². The molecular weight excluding hydrogens is 973 g/mol. The molecule has 0 aromatic carbocycles. The molecule has 0 radical (unpaired) electrons. The van der Waals surface area contributed by atoms with E-state index in [2.05, 4.69) is 41.5 Å². The molecule has 0 aliphatic carbocycles. The van der Waals surface area contributed by atoms with Crippen molar-refractivity contribution in [2.75, 3.05) is 13.2 Å². The van der Waals surface area contributed by atoms with Crippen molar-refractivity contribution in [2.24, 2.45) is 17.8 Å². The molecule has 0 fully saturated rings. The Hall–Kier alpha value is -1.59. The second-order valence-electron chi connectivity index (χ2n) is 26.2. The van der Waals surface area contributed by atoms with Crippen molar-refractivity contribution in [3.8, 4) is 0 Å².